The van der Waals surface area contributed by atoms with E-state index in [0.29, 0.717) is 45.3 Å². The number of fused-ring (bicyclic) bond motifs is 1. The van der Waals surface area contributed by atoms with Gasteiger partial charge in [0.25, 0.3) is 0 Å². The Morgan fingerprint density at radius 3 is 2.50 bits per heavy atom. The van der Waals surface area contributed by atoms with Crippen molar-refractivity contribution in [3.8, 4) is 28.6 Å². The highest BCUT2D eigenvalue weighted by Crippen LogP contribution is 2.34. The first kappa shape index (κ1) is 19.0. The summed E-state index contributed by atoms with van der Waals surface area (Å²) >= 11 is 0. The van der Waals surface area contributed by atoms with E-state index in [-0.39, 0.29) is 5.43 Å². The molecule has 0 N–H and O–H groups in total. The Morgan fingerprint density at radius 2 is 1.82 bits per heavy atom. The van der Waals surface area contributed by atoms with Crippen molar-refractivity contribution >= 4 is 11.0 Å². The zero-order chi connectivity index (χ0) is 20.1. The molecule has 1 heterocycles. The second kappa shape index (κ2) is 8.31. The van der Waals surface area contributed by atoms with Crippen molar-refractivity contribution in [1.29, 1.82) is 0 Å². The fraction of sp³-hybridized carbons (Fsp3) is 0.0870. The molecule has 0 aliphatic rings. The van der Waals surface area contributed by atoms with Crippen LogP contribution in [0.2, 0.25) is 0 Å². The Labute approximate surface area is 162 Å². The van der Waals surface area contributed by atoms with Crippen molar-refractivity contribution < 1.29 is 18.6 Å². The maximum atomic E-state index is 12.5. The summed E-state index contributed by atoms with van der Waals surface area (Å²) in [5.41, 5.74) is 1.01. The van der Waals surface area contributed by atoms with Gasteiger partial charge in [0.2, 0.25) is 0 Å². The molecule has 0 unspecified atom stereocenters. The lowest BCUT2D eigenvalue weighted by atomic mass is 10.1. The van der Waals surface area contributed by atoms with Crippen molar-refractivity contribution in [3.63, 3.8) is 0 Å². The lowest BCUT2D eigenvalue weighted by Gasteiger charge is -2.12. The van der Waals surface area contributed by atoms with Crippen LogP contribution < -0.4 is 19.6 Å². The molecule has 2 aromatic carbocycles. The molecule has 0 bridgehead atoms. The van der Waals surface area contributed by atoms with Crippen LogP contribution in [0, 0.1) is 0 Å². The van der Waals surface area contributed by atoms with Crippen LogP contribution in [0.25, 0.3) is 22.3 Å². The number of ether oxygens (including phenoxy) is 3. The van der Waals surface area contributed by atoms with Crippen molar-refractivity contribution in [2.24, 2.45) is 0 Å². The summed E-state index contributed by atoms with van der Waals surface area (Å²) in [6.07, 6.45) is 4.87. The molecule has 0 radical (unpaired) electrons. The lowest BCUT2D eigenvalue weighted by molar-refractivity contribution is 0.368. The van der Waals surface area contributed by atoms with Crippen LogP contribution in [0.1, 0.15) is 0 Å². The Morgan fingerprint density at radius 1 is 1.00 bits per heavy atom. The lowest BCUT2D eigenvalue weighted by Crippen LogP contribution is -2.01. The van der Waals surface area contributed by atoms with E-state index >= 15 is 0 Å². The summed E-state index contributed by atoms with van der Waals surface area (Å²) in [7, 11) is 3.09. The van der Waals surface area contributed by atoms with Crippen molar-refractivity contribution in [2.75, 3.05) is 14.2 Å². The largest absolute Gasteiger partial charge is 0.497 e. The zero-order valence-electron chi connectivity index (χ0n) is 15.7. The summed E-state index contributed by atoms with van der Waals surface area (Å²) in [6, 6.07) is 11.8. The predicted molar refractivity (Wildman–Crippen MR) is 110 cm³/mol. The van der Waals surface area contributed by atoms with E-state index in [1.54, 1.807) is 68.8 Å². The second-order valence-corrected chi connectivity index (χ2v) is 5.81. The molecule has 5 nitrogen and oxygen atoms in total. The first-order chi connectivity index (χ1) is 13.6. The molecular formula is C23H20O5. The van der Waals surface area contributed by atoms with Crippen LogP contribution in [0.4, 0.5) is 0 Å². The second-order valence-electron chi connectivity index (χ2n) is 5.81. The SMILES string of the molecule is C=C/C=C(\C=C)Oc1ccc(-c2cc(=O)c3cc(OC)ccc3o2)cc1OC. The van der Waals surface area contributed by atoms with E-state index in [4.69, 9.17) is 18.6 Å². The summed E-state index contributed by atoms with van der Waals surface area (Å²) in [4.78, 5) is 12.5. The molecule has 0 fully saturated rings. The fourth-order valence-corrected chi connectivity index (χ4v) is 2.70. The van der Waals surface area contributed by atoms with Crippen LogP contribution in [-0.2, 0) is 0 Å². The normalized spacial score (nSPS) is 11.1. The average Bonchev–Trinajstić information content (AvgIpc) is 2.73. The molecule has 0 aliphatic carbocycles. The molecule has 0 aliphatic heterocycles. The Kier molecular flexibility index (Phi) is 5.65. The molecule has 0 atom stereocenters. The van der Waals surface area contributed by atoms with Gasteiger partial charge in [-0.1, -0.05) is 19.2 Å². The van der Waals surface area contributed by atoms with Gasteiger partial charge in [0.05, 0.1) is 19.6 Å². The maximum absolute atomic E-state index is 12.5. The standard InChI is InChI=1S/C23H20O5/c1-5-7-16(6-2)27-21-10-8-15(12-23(21)26-4)22-14-19(24)18-13-17(25-3)9-11-20(18)28-22/h5-14H,1-2H2,3-4H3/b16-7+. The third kappa shape index (κ3) is 3.83. The molecule has 0 amide bonds. The van der Waals surface area contributed by atoms with E-state index < -0.39 is 0 Å². The maximum Gasteiger partial charge on any atom is 0.193 e. The van der Waals surface area contributed by atoms with Crippen molar-refractivity contribution in [1.82, 2.24) is 0 Å². The monoisotopic (exact) mass is 376 g/mol. The van der Waals surface area contributed by atoms with Crippen LogP contribution in [-0.4, -0.2) is 14.2 Å². The van der Waals surface area contributed by atoms with Gasteiger partial charge in [-0.25, -0.2) is 0 Å². The van der Waals surface area contributed by atoms with Gasteiger partial charge in [-0.3, -0.25) is 4.79 Å². The molecule has 3 aromatic rings. The summed E-state index contributed by atoms with van der Waals surface area (Å²) in [6.45, 7) is 7.35. The molecule has 0 saturated heterocycles. The van der Waals surface area contributed by atoms with Crippen molar-refractivity contribution in [2.45, 2.75) is 0 Å². The van der Waals surface area contributed by atoms with Gasteiger partial charge in [0, 0.05) is 11.6 Å². The molecule has 0 saturated carbocycles. The molecule has 5 heteroatoms. The number of allylic oxidation sites excluding steroid dienone is 3. The number of methoxy groups -OCH3 is 2. The minimum atomic E-state index is -0.155. The Hall–Kier alpha value is -3.73. The smallest absolute Gasteiger partial charge is 0.193 e. The third-order valence-corrected chi connectivity index (χ3v) is 4.09. The molecule has 142 valence electrons. The highest BCUT2D eigenvalue weighted by Gasteiger charge is 2.12. The number of hydrogen-bond acceptors (Lipinski definition) is 5. The number of rotatable bonds is 7. The van der Waals surface area contributed by atoms with Gasteiger partial charge in [-0.15, -0.1) is 0 Å². The van der Waals surface area contributed by atoms with Gasteiger partial charge in [0.1, 0.15) is 22.9 Å². The summed E-state index contributed by atoms with van der Waals surface area (Å²) in [5, 5.41) is 0.459. The fourth-order valence-electron chi connectivity index (χ4n) is 2.70. The summed E-state index contributed by atoms with van der Waals surface area (Å²) < 4.78 is 22.3. The average molecular weight is 376 g/mol. The first-order valence-electron chi connectivity index (χ1n) is 8.53. The molecule has 0 spiro atoms. The van der Waals surface area contributed by atoms with E-state index in [0.717, 1.165) is 0 Å². The summed E-state index contributed by atoms with van der Waals surface area (Å²) in [5.74, 6) is 2.56. The first-order valence-corrected chi connectivity index (χ1v) is 8.53. The third-order valence-electron chi connectivity index (χ3n) is 4.09. The molecule has 1 aromatic heterocycles. The predicted octanol–water partition coefficient (Wildman–Crippen LogP) is 5.11. The Bertz CT molecular complexity index is 1120. The highest BCUT2D eigenvalue weighted by molar-refractivity contribution is 5.80. The minimum absolute atomic E-state index is 0.155. The number of hydrogen-bond donors (Lipinski definition) is 0. The van der Waals surface area contributed by atoms with Crippen LogP contribution in [0.15, 0.2) is 88.8 Å². The quantitative estimate of drug-likeness (QED) is 0.423. The van der Waals surface area contributed by atoms with Gasteiger partial charge in [0.15, 0.2) is 16.9 Å². The zero-order valence-corrected chi connectivity index (χ0v) is 15.7. The molecule has 3 rings (SSSR count). The van der Waals surface area contributed by atoms with Crippen LogP contribution in [0.5, 0.6) is 17.2 Å². The van der Waals surface area contributed by atoms with Gasteiger partial charge >= 0.3 is 0 Å². The van der Waals surface area contributed by atoms with Gasteiger partial charge < -0.3 is 18.6 Å². The number of benzene rings is 2. The highest BCUT2D eigenvalue weighted by atomic mass is 16.5. The topological polar surface area (TPSA) is 57.9 Å². The van der Waals surface area contributed by atoms with Crippen LogP contribution in [0.3, 0.4) is 0 Å². The van der Waals surface area contributed by atoms with Crippen molar-refractivity contribution in [3.05, 3.63) is 89.8 Å². The van der Waals surface area contributed by atoms with E-state index in [9.17, 15) is 4.79 Å². The Balaban J connectivity index is 2.04. The van der Waals surface area contributed by atoms with Gasteiger partial charge in [-0.2, -0.15) is 0 Å². The molecular weight excluding hydrogens is 356 g/mol. The van der Waals surface area contributed by atoms with E-state index in [1.807, 2.05) is 0 Å². The van der Waals surface area contributed by atoms with E-state index in [1.165, 1.54) is 6.07 Å². The van der Waals surface area contributed by atoms with E-state index in [2.05, 4.69) is 13.2 Å². The molecule has 28 heavy (non-hydrogen) atoms. The van der Waals surface area contributed by atoms with Crippen LogP contribution >= 0.6 is 0 Å². The minimum Gasteiger partial charge on any atom is -0.497 e. The van der Waals surface area contributed by atoms with Gasteiger partial charge in [-0.05, 0) is 48.6 Å².